The molecule has 6 heteroatoms. The van der Waals surface area contributed by atoms with Crippen LogP contribution in [-0.2, 0) is 19.1 Å². The van der Waals surface area contributed by atoms with Crippen molar-refractivity contribution < 1.29 is 29.3 Å². The normalized spacial score (nSPS) is 36.8. The molecule has 26 heavy (non-hydrogen) atoms. The molecule has 0 saturated heterocycles. The van der Waals surface area contributed by atoms with Crippen molar-refractivity contribution in [3.8, 4) is 0 Å². The van der Waals surface area contributed by atoms with Gasteiger partial charge in [-0.05, 0) is 43.9 Å². The number of ether oxygens (including phenoxy) is 2. The Morgan fingerprint density at radius 1 is 1.04 bits per heavy atom. The molecule has 3 fully saturated rings. The molecule has 6 atom stereocenters. The Bertz CT molecular complexity index is 601. The van der Waals surface area contributed by atoms with Gasteiger partial charge in [0.25, 0.3) is 0 Å². The Kier molecular flexibility index (Phi) is 5.26. The first-order valence-corrected chi connectivity index (χ1v) is 9.37. The van der Waals surface area contributed by atoms with Crippen LogP contribution in [-0.4, -0.2) is 47.6 Å². The second-order valence-corrected chi connectivity index (χ2v) is 7.82. The van der Waals surface area contributed by atoms with E-state index >= 15 is 0 Å². The van der Waals surface area contributed by atoms with E-state index in [-0.39, 0.29) is 13.2 Å². The summed E-state index contributed by atoms with van der Waals surface area (Å²) >= 11 is 0. The molecular formula is C20H28O6. The van der Waals surface area contributed by atoms with Gasteiger partial charge in [-0.25, -0.2) is 9.59 Å². The van der Waals surface area contributed by atoms with Gasteiger partial charge in [-0.3, -0.25) is 0 Å². The first-order valence-electron chi connectivity index (χ1n) is 9.37. The molecule has 0 aliphatic heterocycles. The highest BCUT2D eigenvalue weighted by Crippen LogP contribution is 2.75. The summed E-state index contributed by atoms with van der Waals surface area (Å²) in [6.45, 7) is 6.30. The van der Waals surface area contributed by atoms with E-state index in [0.717, 1.165) is 50.7 Å². The van der Waals surface area contributed by atoms with Crippen molar-refractivity contribution in [2.45, 2.75) is 50.7 Å². The van der Waals surface area contributed by atoms with E-state index in [1.54, 1.807) is 0 Å². The third kappa shape index (κ3) is 2.54. The van der Waals surface area contributed by atoms with Gasteiger partial charge in [0.05, 0.1) is 13.2 Å². The first kappa shape index (κ1) is 19.1. The molecule has 0 heterocycles. The van der Waals surface area contributed by atoms with Gasteiger partial charge in [-0.15, -0.1) is 0 Å². The number of hydrogen-bond acceptors (Lipinski definition) is 6. The molecule has 3 aliphatic carbocycles. The van der Waals surface area contributed by atoms with E-state index in [9.17, 15) is 19.8 Å². The number of rotatable bonds is 8. The van der Waals surface area contributed by atoms with Crippen molar-refractivity contribution in [1.82, 2.24) is 0 Å². The lowest BCUT2D eigenvalue weighted by molar-refractivity contribution is -0.196. The van der Waals surface area contributed by atoms with Gasteiger partial charge in [-0.1, -0.05) is 19.6 Å². The molecular weight excluding hydrogens is 336 g/mol. The molecule has 0 aromatic carbocycles. The molecule has 6 unspecified atom stereocenters. The average Bonchev–Trinajstić information content (AvgIpc) is 3.34. The third-order valence-electron chi connectivity index (χ3n) is 7.22. The maximum absolute atomic E-state index is 11.9. The number of esters is 2. The van der Waals surface area contributed by atoms with Crippen LogP contribution in [0.15, 0.2) is 25.3 Å². The number of aliphatic hydroxyl groups excluding tert-OH is 2. The van der Waals surface area contributed by atoms with Gasteiger partial charge >= 0.3 is 11.9 Å². The maximum Gasteiger partial charge on any atom is 0.330 e. The lowest BCUT2D eigenvalue weighted by Gasteiger charge is -2.53. The summed E-state index contributed by atoms with van der Waals surface area (Å²) in [5.41, 5.74) is -0.987. The van der Waals surface area contributed by atoms with Gasteiger partial charge in [-0.2, -0.15) is 0 Å². The van der Waals surface area contributed by atoms with E-state index in [4.69, 9.17) is 9.47 Å². The summed E-state index contributed by atoms with van der Waals surface area (Å²) in [7, 11) is 0. The number of aliphatic hydroxyl groups is 2. The van der Waals surface area contributed by atoms with Crippen molar-refractivity contribution in [2.75, 3.05) is 13.2 Å². The highest BCUT2D eigenvalue weighted by atomic mass is 16.6. The number of carbonyl (C=O) groups excluding carboxylic acids is 2. The lowest BCUT2D eigenvalue weighted by atomic mass is 9.54. The van der Waals surface area contributed by atoms with Gasteiger partial charge in [0.1, 0.15) is 12.2 Å². The topological polar surface area (TPSA) is 93.1 Å². The second-order valence-electron chi connectivity index (χ2n) is 7.82. The Balaban J connectivity index is 2.03. The van der Waals surface area contributed by atoms with E-state index in [2.05, 4.69) is 13.2 Å². The van der Waals surface area contributed by atoms with Crippen LogP contribution < -0.4 is 0 Å². The van der Waals surface area contributed by atoms with Gasteiger partial charge < -0.3 is 19.7 Å². The highest BCUT2D eigenvalue weighted by molar-refractivity contribution is 5.82. The molecule has 6 nitrogen and oxygen atoms in total. The second kappa shape index (κ2) is 7.16. The number of hydrogen-bond donors (Lipinski definition) is 2. The minimum Gasteiger partial charge on any atom is -0.456 e. The largest absolute Gasteiger partial charge is 0.456 e. The molecule has 0 amide bonds. The summed E-state index contributed by atoms with van der Waals surface area (Å²) in [4.78, 5) is 23.8. The average molecular weight is 364 g/mol. The molecule has 0 aromatic rings. The van der Waals surface area contributed by atoms with Crippen LogP contribution in [0.5, 0.6) is 0 Å². The van der Waals surface area contributed by atoms with E-state index < -0.39 is 35.0 Å². The third-order valence-corrected chi connectivity index (χ3v) is 7.22. The molecule has 2 N–H and O–H groups in total. The SMILES string of the molecule is C=CC(=O)OC(CO)C12CCC(C1)C1CCCC12C(CO)OC(=O)C=C. The minimum absolute atomic E-state index is 0.294. The summed E-state index contributed by atoms with van der Waals surface area (Å²) in [6, 6.07) is 0. The standard InChI is InChI=1S/C20H28O6/c1-3-17(23)25-15(11-21)19-9-7-13(10-19)14-6-5-8-20(14,19)16(12-22)26-18(24)4-2/h3-4,13-16,21-22H,1-2,5-12H2. The van der Waals surface area contributed by atoms with Crippen molar-refractivity contribution in [3.63, 3.8) is 0 Å². The maximum atomic E-state index is 11.9. The molecule has 2 bridgehead atoms. The quantitative estimate of drug-likeness (QED) is 0.503. The molecule has 3 saturated carbocycles. The fraction of sp³-hybridized carbons (Fsp3) is 0.700. The highest BCUT2D eigenvalue weighted by Gasteiger charge is 2.74. The van der Waals surface area contributed by atoms with Crippen LogP contribution in [0, 0.1) is 22.7 Å². The summed E-state index contributed by atoms with van der Waals surface area (Å²) in [6.07, 6.45) is 6.17. The van der Waals surface area contributed by atoms with Crippen molar-refractivity contribution in [2.24, 2.45) is 22.7 Å². The van der Waals surface area contributed by atoms with Crippen LogP contribution in [0.25, 0.3) is 0 Å². The van der Waals surface area contributed by atoms with Crippen LogP contribution in [0.3, 0.4) is 0 Å². The summed E-state index contributed by atoms with van der Waals surface area (Å²) in [5, 5.41) is 20.2. The molecule has 144 valence electrons. The van der Waals surface area contributed by atoms with E-state index in [1.807, 2.05) is 0 Å². The fourth-order valence-corrected chi connectivity index (χ4v) is 6.53. The van der Waals surface area contributed by atoms with Gasteiger partial charge in [0.2, 0.25) is 0 Å². The lowest BCUT2D eigenvalue weighted by Crippen LogP contribution is -2.58. The predicted octanol–water partition coefficient (Wildman–Crippen LogP) is 1.75. The van der Waals surface area contributed by atoms with Crippen LogP contribution in [0.4, 0.5) is 0 Å². The van der Waals surface area contributed by atoms with Crippen LogP contribution in [0.2, 0.25) is 0 Å². The predicted molar refractivity (Wildman–Crippen MR) is 93.9 cm³/mol. The molecule has 0 radical (unpaired) electrons. The fourth-order valence-electron chi connectivity index (χ4n) is 6.53. The molecule has 3 rings (SSSR count). The zero-order valence-corrected chi connectivity index (χ0v) is 15.1. The Morgan fingerprint density at radius 3 is 2.23 bits per heavy atom. The Labute approximate surface area is 153 Å². The van der Waals surface area contributed by atoms with E-state index in [0.29, 0.717) is 11.8 Å². The molecule has 0 spiro atoms. The van der Waals surface area contributed by atoms with Gasteiger partial charge in [0.15, 0.2) is 0 Å². The van der Waals surface area contributed by atoms with E-state index in [1.165, 1.54) is 0 Å². The smallest absolute Gasteiger partial charge is 0.330 e. The zero-order valence-electron chi connectivity index (χ0n) is 15.1. The zero-order chi connectivity index (χ0) is 18.9. The van der Waals surface area contributed by atoms with Crippen LogP contribution >= 0.6 is 0 Å². The Morgan fingerprint density at radius 2 is 1.65 bits per heavy atom. The van der Waals surface area contributed by atoms with Crippen molar-refractivity contribution in [3.05, 3.63) is 25.3 Å². The monoisotopic (exact) mass is 364 g/mol. The minimum atomic E-state index is -0.697. The number of carbonyl (C=O) groups is 2. The van der Waals surface area contributed by atoms with Crippen molar-refractivity contribution in [1.29, 1.82) is 0 Å². The first-order chi connectivity index (χ1) is 12.5. The van der Waals surface area contributed by atoms with Crippen LogP contribution in [0.1, 0.15) is 38.5 Å². The molecule has 0 aromatic heterocycles. The summed E-state index contributed by atoms with van der Waals surface area (Å²) < 4.78 is 11.2. The summed E-state index contributed by atoms with van der Waals surface area (Å²) in [5.74, 6) is -0.402. The van der Waals surface area contributed by atoms with Crippen molar-refractivity contribution >= 4 is 11.9 Å². The number of fused-ring (bicyclic) bond motifs is 5. The molecule has 3 aliphatic rings. The Hall–Kier alpha value is -1.66. The van der Waals surface area contributed by atoms with Gasteiger partial charge in [0, 0.05) is 23.0 Å².